The van der Waals surface area contributed by atoms with Gasteiger partial charge in [-0.2, -0.15) is 17.3 Å². The van der Waals surface area contributed by atoms with Crippen molar-refractivity contribution in [3.8, 4) is 0 Å². The number of rotatable bonds is 4. The van der Waals surface area contributed by atoms with Gasteiger partial charge in [-0.25, -0.2) is 0 Å². The van der Waals surface area contributed by atoms with E-state index in [1.165, 1.54) is 11.0 Å². The largest absolute Gasteiger partial charge is 0.793 e. The van der Waals surface area contributed by atoms with Crippen LogP contribution >= 0.6 is 0 Å². The normalized spacial score (nSPS) is 9.76. The molecule has 104 valence electrons. The first-order valence-corrected chi connectivity index (χ1v) is 9.90. The molecule has 0 amide bonds. The van der Waals surface area contributed by atoms with Gasteiger partial charge in [0.1, 0.15) is 0 Å². The molecule has 0 saturated heterocycles. The molecule has 0 aliphatic heterocycles. The van der Waals surface area contributed by atoms with Crippen LogP contribution in [0.15, 0.2) is 0 Å². The number of nitrogens with one attached hydrogen (secondary N) is 1. The summed E-state index contributed by atoms with van der Waals surface area (Å²) in [6, 6.07) is 0. The van der Waals surface area contributed by atoms with Crippen LogP contribution in [0, 0.1) is 5.92 Å². The number of hydrogen-bond donors (Lipinski definition) is 1. The van der Waals surface area contributed by atoms with Crippen molar-refractivity contribution in [2.24, 2.45) is 5.92 Å². The second-order valence-corrected chi connectivity index (χ2v) is 5.88. The monoisotopic (exact) mass is 403 g/mol. The smallest absolute Gasteiger partial charge is 0.0874 e. The summed E-state index contributed by atoms with van der Waals surface area (Å²) >= 11 is 14.8. The summed E-state index contributed by atoms with van der Waals surface area (Å²) < 4.78 is 1.37. The van der Waals surface area contributed by atoms with E-state index in [2.05, 4.69) is 57.1 Å². The minimum absolute atomic E-state index is 0.833. The maximum Gasteiger partial charge on any atom is -0.0874 e. The summed E-state index contributed by atoms with van der Waals surface area (Å²) in [5, 5.41) is 3.31. The van der Waals surface area contributed by atoms with E-state index in [4.69, 9.17) is 0 Å². The Labute approximate surface area is 140 Å². The van der Waals surface area contributed by atoms with Crippen LogP contribution in [0.1, 0.15) is 34.6 Å². The second-order valence-electron chi connectivity index (χ2n) is 2.98. The van der Waals surface area contributed by atoms with Crippen molar-refractivity contribution < 1.29 is 0 Å². The van der Waals surface area contributed by atoms with Crippen molar-refractivity contribution in [3.05, 3.63) is 0 Å². The van der Waals surface area contributed by atoms with Crippen molar-refractivity contribution in [1.82, 2.24) is 5.32 Å². The third kappa shape index (κ3) is 73.0. The van der Waals surface area contributed by atoms with E-state index in [0.29, 0.717) is 0 Å². The molecule has 0 aromatic rings. The van der Waals surface area contributed by atoms with E-state index < -0.39 is 0 Å². The third-order valence-electron chi connectivity index (χ3n) is 1.09. The maximum atomic E-state index is 4.39. The molecule has 0 fully saturated rings. The molecule has 1 atom stereocenters. The first-order valence-electron chi connectivity index (χ1n) is 6.15. The summed E-state index contributed by atoms with van der Waals surface area (Å²) in [4.78, 5) is 0. The van der Waals surface area contributed by atoms with Crippen LogP contribution in [-0.4, -0.2) is 52.9 Å². The van der Waals surface area contributed by atoms with Crippen molar-refractivity contribution >= 4 is 60.4 Å². The molecule has 1 N–H and O–H groups in total. The van der Waals surface area contributed by atoms with Crippen LogP contribution in [0.3, 0.4) is 0 Å². The van der Waals surface area contributed by atoms with Gasteiger partial charge in [-0.3, -0.25) is 0 Å². The van der Waals surface area contributed by atoms with Crippen molar-refractivity contribution in [3.63, 3.8) is 0 Å². The molecule has 0 bridgehead atoms. The van der Waals surface area contributed by atoms with E-state index in [-0.39, 0.29) is 0 Å². The van der Waals surface area contributed by atoms with Crippen molar-refractivity contribution in [2.75, 3.05) is 30.3 Å². The van der Waals surface area contributed by atoms with E-state index >= 15 is 0 Å². The van der Waals surface area contributed by atoms with Gasteiger partial charge in [-0.15, -0.1) is 0 Å². The molecule has 0 aliphatic rings. The molecule has 0 radical (unpaired) electrons. The van der Waals surface area contributed by atoms with E-state index in [0.717, 1.165) is 29.7 Å². The Hall–Kier alpha value is 1.81. The Kier molecular flexibility index (Phi) is 57.7. The van der Waals surface area contributed by atoms with Crippen LogP contribution in [-0.2, 0) is 37.9 Å². The Morgan fingerprint density at radius 3 is 1.41 bits per heavy atom. The fourth-order valence-corrected chi connectivity index (χ4v) is 0.875. The summed E-state index contributed by atoms with van der Waals surface area (Å²) in [5.74, 6) is 3.38. The molecule has 0 aliphatic carbocycles. The minimum Gasteiger partial charge on any atom is -0.793 e. The molecule has 1 nitrogen and oxygen atoms in total. The van der Waals surface area contributed by atoms with Crippen molar-refractivity contribution in [2.45, 2.75) is 39.1 Å². The molecule has 0 aromatic carbocycles. The Bertz CT molecular complexity index is 83.4. The molecule has 0 saturated carbocycles. The average Bonchev–Trinajstić information content (AvgIpc) is 2.29. The van der Waals surface area contributed by atoms with Crippen molar-refractivity contribution in [1.29, 1.82) is 0 Å². The van der Waals surface area contributed by atoms with Crippen LogP contribution < -0.4 is 5.32 Å². The summed E-state index contributed by atoms with van der Waals surface area (Å²) in [6.45, 7) is 12.6. The van der Waals surface area contributed by atoms with Crippen LogP contribution in [0.5, 0.6) is 0 Å². The molecule has 17 heavy (non-hydrogen) atoms. The van der Waals surface area contributed by atoms with Gasteiger partial charge in [0.25, 0.3) is 0 Å². The van der Waals surface area contributed by atoms with Gasteiger partial charge in [-0.1, -0.05) is 20.8 Å². The fourth-order valence-electron chi connectivity index (χ4n) is 0.463. The van der Waals surface area contributed by atoms with Gasteiger partial charge >= 0.3 is 65.1 Å². The van der Waals surface area contributed by atoms with Gasteiger partial charge in [0, 0.05) is 0 Å². The molecule has 1 unspecified atom stereocenters. The first-order chi connectivity index (χ1) is 8.05. The van der Waals surface area contributed by atoms with Gasteiger partial charge in [-0.05, 0) is 0 Å². The van der Waals surface area contributed by atoms with E-state index in [1.807, 2.05) is 20.8 Å². The third-order valence-corrected chi connectivity index (χ3v) is 3.08. The SMILES string of the molecule is CCNCC(C)[CH2][Sn+3].CC[S-].CC[S-].CC[S-]. The second kappa shape index (κ2) is 36.1. The van der Waals surface area contributed by atoms with Gasteiger partial charge in [0.2, 0.25) is 0 Å². The predicted octanol–water partition coefficient (Wildman–Crippen LogP) is 2.48. The first kappa shape index (κ1) is 27.2. The van der Waals surface area contributed by atoms with Crippen LogP contribution in [0.2, 0.25) is 4.44 Å². The zero-order valence-corrected chi connectivity index (χ0v) is 17.3. The standard InChI is InChI=1S/C6H14N.3C2H6S.Sn/c1-4-7-5-6(2)3;3*1-2-3;/h6-7H,2,4-5H2,1,3H3;3*3H,2H2,1H3;/q;;;;+3/p-3. The summed E-state index contributed by atoms with van der Waals surface area (Å²) in [6.07, 6.45) is 0. The minimum atomic E-state index is 0.833. The quantitative estimate of drug-likeness (QED) is 0.573. The van der Waals surface area contributed by atoms with Crippen LogP contribution in [0.4, 0.5) is 0 Å². The summed E-state index contributed by atoms with van der Waals surface area (Å²) in [7, 11) is 0. The zero-order valence-electron chi connectivity index (χ0n) is 12.0. The fraction of sp³-hybridized carbons (Fsp3) is 1.00. The van der Waals surface area contributed by atoms with E-state index in [1.54, 1.807) is 22.5 Å². The molecule has 5 heteroatoms. The zero-order chi connectivity index (χ0) is 14.5. The van der Waals surface area contributed by atoms with Gasteiger partial charge < -0.3 is 37.9 Å². The van der Waals surface area contributed by atoms with E-state index in [9.17, 15) is 0 Å². The molecule has 0 rings (SSSR count). The molecular formula is C12H29NS3Sn. The molecular weight excluding hydrogens is 373 g/mol. The summed E-state index contributed by atoms with van der Waals surface area (Å²) in [5.41, 5.74) is 0. The number of hydrogen-bond acceptors (Lipinski definition) is 4. The Balaban J connectivity index is -0.0000000784. The Morgan fingerprint density at radius 2 is 1.24 bits per heavy atom. The van der Waals surface area contributed by atoms with Crippen LogP contribution in [0.25, 0.3) is 0 Å². The van der Waals surface area contributed by atoms with Gasteiger partial charge in [0.05, 0.1) is 0 Å². The maximum absolute atomic E-state index is 4.39. The van der Waals surface area contributed by atoms with Gasteiger partial charge in [0.15, 0.2) is 0 Å². The predicted molar refractivity (Wildman–Crippen MR) is 92.0 cm³/mol. The molecule has 0 spiro atoms. The topological polar surface area (TPSA) is 12.0 Å². The molecule has 0 heterocycles. The average molecular weight is 402 g/mol. The Morgan fingerprint density at radius 1 is 0.941 bits per heavy atom. The molecule has 0 aromatic heterocycles.